The largest absolute Gasteiger partial charge is 0.307 e. The van der Waals surface area contributed by atoms with Crippen LogP contribution in [0.15, 0.2) is 18.2 Å². The molecule has 0 atom stereocenters. The summed E-state index contributed by atoms with van der Waals surface area (Å²) in [7, 11) is 0. The highest BCUT2D eigenvalue weighted by Gasteiger charge is 2.18. The topological polar surface area (TPSA) is 29.1 Å². The predicted molar refractivity (Wildman–Crippen MR) is 60.9 cm³/mol. The highest BCUT2D eigenvalue weighted by Crippen LogP contribution is 2.18. The van der Waals surface area contributed by atoms with Crippen molar-refractivity contribution in [1.29, 1.82) is 0 Å². The Kier molecular flexibility index (Phi) is 3.84. The van der Waals surface area contributed by atoms with Crippen LogP contribution in [0.2, 0.25) is 0 Å². The fourth-order valence-corrected chi connectivity index (χ4v) is 2.18. The maximum Gasteiger partial charge on any atom is 0.179 e. The standard InChI is InChI=1S/C13H15F2NO/c14-11-7-3-6-10(13(11)15)12(17)8-16-9-4-1-2-5-9/h3,6-7,9,16H,1-2,4-5,8H2. The molecule has 1 aliphatic carbocycles. The Balaban J connectivity index is 1.97. The van der Waals surface area contributed by atoms with Gasteiger partial charge in [0.1, 0.15) is 0 Å². The van der Waals surface area contributed by atoms with Crippen molar-refractivity contribution in [1.82, 2.24) is 5.32 Å². The molecular weight excluding hydrogens is 224 g/mol. The Morgan fingerprint density at radius 2 is 2.00 bits per heavy atom. The quantitative estimate of drug-likeness (QED) is 0.818. The van der Waals surface area contributed by atoms with Gasteiger partial charge in [0.25, 0.3) is 0 Å². The van der Waals surface area contributed by atoms with Crippen LogP contribution in [-0.2, 0) is 0 Å². The van der Waals surface area contributed by atoms with Crippen LogP contribution >= 0.6 is 0 Å². The van der Waals surface area contributed by atoms with Crippen molar-refractivity contribution >= 4 is 5.78 Å². The number of rotatable bonds is 4. The first-order chi connectivity index (χ1) is 8.18. The second-order valence-corrected chi connectivity index (χ2v) is 4.39. The van der Waals surface area contributed by atoms with Crippen molar-refractivity contribution < 1.29 is 13.6 Å². The van der Waals surface area contributed by atoms with Crippen LogP contribution in [0.3, 0.4) is 0 Å². The minimum atomic E-state index is -1.05. The molecule has 1 fully saturated rings. The van der Waals surface area contributed by atoms with Crippen molar-refractivity contribution in [2.75, 3.05) is 6.54 Å². The van der Waals surface area contributed by atoms with Crippen LogP contribution in [-0.4, -0.2) is 18.4 Å². The van der Waals surface area contributed by atoms with Crippen LogP contribution < -0.4 is 5.32 Å². The van der Waals surface area contributed by atoms with Gasteiger partial charge in [-0.1, -0.05) is 18.9 Å². The van der Waals surface area contributed by atoms with E-state index in [4.69, 9.17) is 0 Å². The Morgan fingerprint density at radius 3 is 2.71 bits per heavy atom. The average Bonchev–Trinajstić information content (AvgIpc) is 2.82. The Hall–Kier alpha value is -1.29. The van der Waals surface area contributed by atoms with Gasteiger partial charge in [-0.05, 0) is 25.0 Å². The summed E-state index contributed by atoms with van der Waals surface area (Å²) in [5.41, 5.74) is -0.171. The molecule has 17 heavy (non-hydrogen) atoms. The van der Waals surface area contributed by atoms with Gasteiger partial charge in [-0.2, -0.15) is 0 Å². The smallest absolute Gasteiger partial charge is 0.179 e. The van der Waals surface area contributed by atoms with Gasteiger partial charge in [-0.25, -0.2) is 8.78 Å². The molecule has 1 N–H and O–H groups in total. The third-order valence-electron chi connectivity index (χ3n) is 3.16. The first kappa shape index (κ1) is 12.2. The van der Waals surface area contributed by atoms with Crippen LogP contribution in [0, 0.1) is 11.6 Å². The molecule has 2 rings (SSSR count). The second-order valence-electron chi connectivity index (χ2n) is 4.39. The lowest BCUT2D eigenvalue weighted by molar-refractivity contribution is 0.0982. The van der Waals surface area contributed by atoms with Crippen LogP contribution in [0.5, 0.6) is 0 Å². The first-order valence-corrected chi connectivity index (χ1v) is 5.89. The van der Waals surface area contributed by atoms with E-state index in [1.165, 1.54) is 25.0 Å². The molecular formula is C13H15F2NO. The van der Waals surface area contributed by atoms with Gasteiger partial charge in [0.2, 0.25) is 0 Å². The number of ketones is 1. The third-order valence-corrected chi connectivity index (χ3v) is 3.16. The van der Waals surface area contributed by atoms with Gasteiger partial charge in [0.15, 0.2) is 17.4 Å². The number of hydrogen-bond acceptors (Lipinski definition) is 2. The lowest BCUT2D eigenvalue weighted by Gasteiger charge is -2.11. The molecule has 4 heteroatoms. The van der Waals surface area contributed by atoms with Crippen molar-refractivity contribution in [2.24, 2.45) is 0 Å². The van der Waals surface area contributed by atoms with Gasteiger partial charge < -0.3 is 5.32 Å². The molecule has 92 valence electrons. The maximum absolute atomic E-state index is 13.3. The van der Waals surface area contributed by atoms with Gasteiger partial charge in [-0.3, -0.25) is 4.79 Å². The number of nitrogens with one attached hydrogen (secondary N) is 1. The summed E-state index contributed by atoms with van der Waals surface area (Å²) in [5, 5.41) is 3.09. The highest BCUT2D eigenvalue weighted by atomic mass is 19.2. The number of Topliss-reactive ketones (excluding diaryl/α,β-unsaturated/α-hetero) is 1. The average molecular weight is 239 g/mol. The Labute approximate surface area is 99.0 Å². The van der Waals surface area contributed by atoms with E-state index in [-0.39, 0.29) is 12.1 Å². The van der Waals surface area contributed by atoms with Gasteiger partial charge in [0, 0.05) is 6.04 Å². The minimum Gasteiger partial charge on any atom is -0.307 e. The van der Waals surface area contributed by atoms with Crippen molar-refractivity contribution in [3.8, 4) is 0 Å². The second kappa shape index (κ2) is 5.36. The van der Waals surface area contributed by atoms with Gasteiger partial charge >= 0.3 is 0 Å². The Bertz CT molecular complexity index is 414. The zero-order chi connectivity index (χ0) is 12.3. The van der Waals surface area contributed by atoms with E-state index in [0.29, 0.717) is 6.04 Å². The Morgan fingerprint density at radius 1 is 1.29 bits per heavy atom. The van der Waals surface area contributed by atoms with E-state index in [1.54, 1.807) is 0 Å². The minimum absolute atomic E-state index is 0.0744. The SMILES string of the molecule is O=C(CNC1CCCC1)c1cccc(F)c1F. The fraction of sp³-hybridized carbons (Fsp3) is 0.462. The van der Waals surface area contributed by atoms with Crippen molar-refractivity contribution in [3.05, 3.63) is 35.4 Å². The zero-order valence-corrected chi connectivity index (χ0v) is 9.51. The molecule has 0 amide bonds. The normalized spacial score (nSPS) is 16.4. The monoisotopic (exact) mass is 239 g/mol. The number of carbonyl (C=O) groups excluding carboxylic acids is 1. The van der Waals surface area contributed by atoms with Gasteiger partial charge in [-0.15, -0.1) is 0 Å². The molecule has 1 aromatic carbocycles. The summed E-state index contributed by atoms with van der Waals surface area (Å²) >= 11 is 0. The molecule has 0 aliphatic heterocycles. The lowest BCUT2D eigenvalue weighted by Crippen LogP contribution is -2.31. The summed E-state index contributed by atoms with van der Waals surface area (Å²) in [6, 6.07) is 4.02. The molecule has 0 spiro atoms. The molecule has 2 nitrogen and oxygen atoms in total. The summed E-state index contributed by atoms with van der Waals surface area (Å²) in [6.07, 6.45) is 4.44. The number of halogens is 2. The summed E-state index contributed by atoms with van der Waals surface area (Å²) < 4.78 is 26.3. The van der Waals surface area contributed by atoms with Crippen LogP contribution in [0.25, 0.3) is 0 Å². The van der Waals surface area contributed by atoms with Crippen LogP contribution in [0.4, 0.5) is 8.78 Å². The van der Waals surface area contributed by atoms with E-state index in [1.807, 2.05) is 0 Å². The van der Waals surface area contributed by atoms with E-state index in [0.717, 1.165) is 18.9 Å². The molecule has 0 bridgehead atoms. The molecule has 1 saturated carbocycles. The van der Waals surface area contributed by atoms with Crippen molar-refractivity contribution in [2.45, 2.75) is 31.7 Å². The third kappa shape index (κ3) is 2.88. The number of hydrogen-bond donors (Lipinski definition) is 1. The highest BCUT2D eigenvalue weighted by molar-refractivity contribution is 5.97. The molecule has 0 radical (unpaired) electrons. The zero-order valence-electron chi connectivity index (χ0n) is 9.51. The molecule has 0 aromatic heterocycles. The molecule has 1 aromatic rings. The number of carbonyl (C=O) groups is 1. The maximum atomic E-state index is 13.3. The molecule has 1 aliphatic rings. The summed E-state index contributed by atoms with van der Waals surface area (Å²) in [6.45, 7) is 0.0744. The van der Waals surface area contributed by atoms with Crippen LogP contribution in [0.1, 0.15) is 36.0 Å². The van der Waals surface area contributed by atoms with E-state index >= 15 is 0 Å². The lowest BCUT2D eigenvalue weighted by atomic mass is 10.1. The molecule has 0 heterocycles. The number of benzene rings is 1. The van der Waals surface area contributed by atoms with E-state index in [2.05, 4.69) is 5.32 Å². The van der Waals surface area contributed by atoms with Gasteiger partial charge in [0.05, 0.1) is 12.1 Å². The first-order valence-electron chi connectivity index (χ1n) is 5.89. The van der Waals surface area contributed by atoms with E-state index in [9.17, 15) is 13.6 Å². The fourth-order valence-electron chi connectivity index (χ4n) is 2.18. The van der Waals surface area contributed by atoms with Crippen molar-refractivity contribution in [3.63, 3.8) is 0 Å². The predicted octanol–water partition coefficient (Wildman–Crippen LogP) is 2.68. The molecule has 0 saturated heterocycles. The molecule has 0 unspecified atom stereocenters. The van der Waals surface area contributed by atoms with E-state index < -0.39 is 17.4 Å². The summed E-state index contributed by atoms with van der Waals surface area (Å²) in [4.78, 5) is 11.7. The summed E-state index contributed by atoms with van der Waals surface area (Å²) in [5.74, 6) is -2.42.